The van der Waals surface area contributed by atoms with E-state index in [0.717, 1.165) is 11.2 Å². The zero-order chi connectivity index (χ0) is 17.4. The van der Waals surface area contributed by atoms with E-state index in [0.29, 0.717) is 12.4 Å². The molecule has 1 N–H and O–H groups in total. The number of carbonyl (C=O) groups is 3. The lowest BCUT2D eigenvalue weighted by atomic mass is 10.4. The Kier molecular flexibility index (Phi) is 6.23. The highest BCUT2D eigenvalue weighted by atomic mass is 16.6. The van der Waals surface area contributed by atoms with Crippen molar-refractivity contribution in [1.82, 2.24) is 10.2 Å². The number of esters is 1. The van der Waals surface area contributed by atoms with E-state index in [2.05, 4.69) is 5.32 Å². The largest absolute Gasteiger partial charge is 0.493 e. The summed E-state index contributed by atoms with van der Waals surface area (Å²) in [7, 11) is 1.43. The van der Waals surface area contributed by atoms with Crippen molar-refractivity contribution in [3.8, 4) is 0 Å². The van der Waals surface area contributed by atoms with E-state index in [9.17, 15) is 14.4 Å². The topological polar surface area (TPSA) is 107 Å². The Morgan fingerprint density at radius 3 is 2.83 bits per heavy atom. The lowest BCUT2D eigenvalue weighted by Gasteiger charge is -2.17. The highest BCUT2D eigenvalue weighted by Crippen LogP contribution is 2.06. The van der Waals surface area contributed by atoms with E-state index in [4.69, 9.17) is 18.6 Å². The van der Waals surface area contributed by atoms with Crippen LogP contribution in [0.5, 0.6) is 0 Å². The Morgan fingerprint density at radius 2 is 2.17 bits per heavy atom. The molecule has 0 saturated heterocycles. The first-order valence-electron chi connectivity index (χ1n) is 7.21. The van der Waals surface area contributed by atoms with Gasteiger partial charge in [0.1, 0.15) is 25.2 Å². The minimum absolute atomic E-state index is 0.0899. The number of carbonyl (C=O) groups excluding carboxylic acids is 3. The summed E-state index contributed by atoms with van der Waals surface area (Å²) in [6, 6.07) is 3.43. The maximum absolute atomic E-state index is 11.9. The highest BCUT2D eigenvalue weighted by Gasteiger charge is 2.20. The number of rotatable bonds is 7. The molecule has 0 unspecified atom stereocenters. The number of furan rings is 1. The molecule has 1 aromatic heterocycles. The smallest absolute Gasteiger partial charge is 0.377 e. The van der Waals surface area contributed by atoms with Gasteiger partial charge in [-0.1, -0.05) is 0 Å². The molecule has 1 aliphatic heterocycles. The fraction of sp³-hybridized carbons (Fsp3) is 0.400. The summed E-state index contributed by atoms with van der Waals surface area (Å²) in [5.41, 5.74) is 0. The van der Waals surface area contributed by atoms with Crippen molar-refractivity contribution in [1.29, 1.82) is 0 Å². The SMILES string of the molecule is CN(CC(=O)NCc1ccco1)C(=O)COC(=O)C1=COCCO1. The van der Waals surface area contributed by atoms with Gasteiger partial charge < -0.3 is 28.8 Å². The first-order valence-corrected chi connectivity index (χ1v) is 7.21. The summed E-state index contributed by atoms with van der Waals surface area (Å²) in [6.07, 6.45) is 2.64. The van der Waals surface area contributed by atoms with Crippen LogP contribution in [0.4, 0.5) is 0 Å². The molecule has 9 heteroatoms. The van der Waals surface area contributed by atoms with E-state index in [-0.39, 0.29) is 31.4 Å². The molecule has 130 valence electrons. The van der Waals surface area contributed by atoms with Crippen LogP contribution in [0.3, 0.4) is 0 Å². The van der Waals surface area contributed by atoms with Gasteiger partial charge in [0.25, 0.3) is 5.91 Å². The quantitative estimate of drug-likeness (QED) is 0.685. The number of nitrogens with zero attached hydrogens (tertiary/aromatic N) is 1. The van der Waals surface area contributed by atoms with Crippen molar-refractivity contribution >= 4 is 17.8 Å². The monoisotopic (exact) mass is 338 g/mol. The van der Waals surface area contributed by atoms with Crippen LogP contribution in [0.2, 0.25) is 0 Å². The molecule has 0 fully saturated rings. The molecule has 1 aliphatic rings. The molecule has 2 amide bonds. The molecular weight excluding hydrogens is 320 g/mol. The summed E-state index contributed by atoms with van der Waals surface area (Å²) < 4.78 is 19.8. The normalized spacial score (nSPS) is 13.1. The molecule has 0 saturated carbocycles. The Bertz CT molecular complexity index is 609. The molecule has 0 aliphatic carbocycles. The lowest BCUT2D eigenvalue weighted by Crippen LogP contribution is -2.40. The fourth-order valence-corrected chi connectivity index (χ4v) is 1.74. The van der Waals surface area contributed by atoms with E-state index in [1.807, 2.05) is 0 Å². The second-order valence-corrected chi connectivity index (χ2v) is 4.88. The van der Waals surface area contributed by atoms with Crippen LogP contribution in [-0.2, 0) is 35.1 Å². The van der Waals surface area contributed by atoms with Gasteiger partial charge in [-0.15, -0.1) is 0 Å². The number of ether oxygens (including phenoxy) is 3. The van der Waals surface area contributed by atoms with E-state index in [1.165, 1.54) is 13.3 Å². The first-order chi connectivity index (χ1) is 11.6. The zero-order valence-corrected chi connectivity index (χ0v) is 13.1. The Balaban J connectivity index is 1.68. The second kappa shape index (κ2) is 8.61. The van der Waals surface area contributed by atoms with Crippen LogP contribution in [0.25, 0.3) is 0 Å². The Hall–Kier alpha value is -2.97. The molecule has 2 rings (SSSR count). The minimum atomic E-state index is -0.793. The number of hydrogen-bond acceptors (Lipinski definition) is 7. The third-order valence-electron chi connectivity index (χ3n) is 3.02. The van der Waals surface area contributed by atoms with Gasteiger partial charge in [0, 0.05) is 7.05 Å². The van der Waals surface area contributed by atoms with Gasteiger partial charge in [-0.05, 0) is 12.1 Å². The van der Waals surface area contributed by atoms with Crippen LogP contribution in [0.15, 0.2) is 34.8 Å². The summed E-state index contributed by atoms with van der Waals surface area (Å²) >= 11 is 0. The maximum Gasteiger partial charge on any atom is 0.377 e. The molecule has 0 aromatic carbocycles. The van der Waals surface area contributed by atoms with Crippen LogP contribution in [0.1, 0.15) is 5.76 Å². The van der Waals surface area contributed by atoms with Crippen molar-refractivity contribution in [3.63, 3.8) is 0 Å². The molecule has 0 radical (unpaired) electrons. The summed E-state index contributed by atoms with van der Waals surface area (Å²) in [5, 5.41) is 2.61. The Labute approximate surface area is 138 Å². The van der Waals surface area contributed by atoms with Gasteiger partial charge in [0.05, 0.1) is 19.4 Å². The van der Waals surface area contributed by atoms with Crippen LogP contribution in [0, 0.1) is 0 Å². The molecule has 0 spiro atoms. The first kappa shape index (κ1) is 17.4. The molecule has 0 atom stereocenters. The van der Waals surface area contributed by atoms with Gasteiger partial charge in [-0.25, -0.2) is 4.79 Å². The van der Waals surface area contributed by atoms with Crippen molar-refractivity contribution in [2.45, 2.75) is 6.54 Å². The van der Waals surface area contributed by atoms with Gasteiger partial charge in [0.15, 0.2) is 6.61 Å². The Morgan fingerprint density at radius 1 is 1.33 bits per heavy atom. The van der Waals surface area contributed by atoms with Gasteiger partial charge in [-0.2, -0.15) is 0 Å². The van der Waals surface area contributed by atoms with Crippen molar-refractivity contribution in [2.75, 3.05) is 33.4 Å². The summed E-state index contributed by atoms with van der Waals surface area (Å²) in [5.74, 6) is -1.16. The molecule has 2 heterocycles. The van der Waals surface area contributed by atoms with E-state index < -0.39 is 18.5 Å². The maximum atomic E-state index is 11.9. The number of hydrogen-bond donors (Lipinski definition) is 1. The van der Waals surface area contributed by atoms with E-state index in [1.54, 1.807) is 12.1 Å². The van der Waals surface area contributed by atoms with Crippen LogP contribution in [-0.4, -0.2) is 56.1 Å². The minimum Gasteiger partial charge on any atom is -0.493 e. The van der Waals surface area contributed by atoms with Gasteiger partial charge >= 0.3 is 5.97 Å². The fourth-order valence-electron chi connectivity index (χ4n) is 1.74. The third kappa shape index (κ3) is 5.34. The van der Waals surface area contributed by atoms with Crippen LogP contribution < -0.4 is 5.32 Å². The summed E-state index contributed by atoms with van der Waals surface area (Å²) in [4.78, 5) is 36.4. The van der Waals surface area contributed by atoms with Gasteiger partial charge in [-0.3, -0.25) is 9.59 Å². The number of nitrogens with one attached hydrogen (secondary N) is 1. The molecule has 0 bridgehead atoms. The van der Waals surface area contributed by atoms with E-state index >= 15 is 0 Å². The van der Waals surface area contributed by atoms with Crippen LogP contribution >= 0.6 is 0 Å². The molecule has 1 aromatic rings. The van der Waals surface area contributed by atoms with Crippen molar-refractivity contribution in [3.05, 3.63) is 36.2 Å². The third-order valence-corrected chi connectivity index (χ3v) is 3.02. The average Bonchev–Trinajstić information content (AvgIpc) is 3.11. The lowest BCUT2D eigenvalue weighted by molar-refractivity contribution is -0.152. The predicted molar refractivity (Wildman–Crippen MR) is 79.1 cm³/mol. The standard InChI is InChI=1S/C15H18N2O7/c1-17(8-13(18)16-7-11-3-2-4-22-11)14(19)10-24-15(20)12-9-21-5-6-23-12/h2-4,9H,5-8,10H2,1H3,(H,16,18). The van der Waals surface area contributed by atoms with Crippen molar-refractivity contribution < 1.29 is 33.0 Å². The molecule has 24 heavy (non-hydrogen) atoms. The second-order valence-electron chi connectivity index (χ2n) is 4.88. The number of amides is 2. The average molecular weight is 338 g/mol. The molecule has 9 nitrogen and oxygen atoms in total. The summed E-state index contributed by atoms with van der Waals surface area (Å²) in [6.45, 7) is 0.158. The van der Waals surface area contributed by atoms with Gasteiger partial charge in [0.2, 0.25) is 11.7 Å². The zero-order valence-electron chi connectivity index (χ0n) is 13.1. The molecular formula is C15H18N2O7. The predicted octanol–water partition coefficient (Wildman–Crippen LogP) is -0.214. The highest BCUT2D eigenvalue weighted by molar-refractivity contribution is 5.89. The van der Waals surface area contributed by atoms with Crippen molar-refractivity contribution in [2.24, 2.45) is 0 Å². The number of likely N-dealkylation sites (N-methyl/N-ethyl adjacent to an activating group) is 1.